The van der Waals surface area contributed by atoms with Crippen molar-refractivity contribution in [1.29, 1.82) is 0 Å². The maximum Gasteiger partial charge on any atom is 0.127 e. The Balaban J connectivity index is 0.000000186. The monoisotopic (exact) mass is 820 g/mol. The van der Waals surface area contributed by atoms with Crippen LogP contribution in [0.15, 0.2) is 194 Å². The molecule has 0 saturated carbocycles. The van der Waals surface area contributed by atoms with Crippen molar-refractivity contribution in [3.63, 3.8) is 0 Å². The molecule has 0 aromatic heterocycles. The maximum atomic E-state index is 5.91. The molecule has 0 amide bonds. The number of hydrogen-bond donors (Lipinski definition) is 4. The highest BCUT2D eigenvalue weighted by molar-refractivity contribution is 5.49. The standard InChI is InChI=1S/2C27H26N2O2/c2*1-27(2,19-3-11-23(12-4-19)30-25-15-7-21(28)8-16-25)20-5-13-24(14-6-20)31-26-17-9-22(29)10-18-26/h2*3-18H,28-29H2,1-2H3. The van der Waals surface area contributed by atoms with Crippen LogP contribution in [-0.2, 0) is 10.8 Å². The molecule has 0 saturated heterocycles. The highest BCUT2D eigenvalue weighted by Crippen LogP contribution is 2.37. The van der Waals surface area contributed by atoms with E-state index in [0.29, 0.717) is 22.7 Å². The lowest BCUT2D eigenvalue weighted by Crippen LogP contribution is -2.18. The second-order valence-corrected chi connectivity index (χ2v) is 16.0. The van der Waals surface area contributed by atoms with Gasteiger partial charge in [-0.3, -0.25) is 0 Å². The van der Waals surface area contributed by atoms with Crippen LogP contribution in [0.3, 0.4) is 0 Å². The van der Waals surface area contributed by atoms with Crippen molar-refractivity contribution >= 4 is 22.7 Å². The summed E-state index contributed by atoms with van der Waals surface area (Å²) in [5.41, 5.74) is 30.2. The molecule has 8 aromatic carbocycles. The van der Waals surface area contributed by atoms with Crippen LogP contribution in [0.5, 0.6) is 46.0 Å². The van der Waals surface area contributed by atoms with E-state index in [0.717, 1.165) is 46.0 Å². The van der Waals surface area contributed by atoms with Gasteiger partial charge in [0.1, 0.15) is 46.0 Å². The highest BCUT2D eigenvalue weighted by atomic mass is 16.5. The average molecular weight is 821 g/mol. The van der Waals surface area contributed by atoms with E-state index in [9.17, 15) is 0 Å². The molecule has 8 aromatic rings. The largest absolute Gasteiger partial charge is 0.457 e. The molecule has 312 valence electrons. The minimum Gasteiger partial charge on any atom is -0.457 e. The molecule has 8 nitrogen and oxygen atoms in total. The van der Waals surface area contributed by atoms with Crippen molar-refractivity contribution in [3.8, 4) is 46.0 Å². The van der Waals surface area contributed by atoms with Crippen LogP contribution in [0.25, 0.3) is 0 Å². The number of rotatable bonds is 12. The number of hydrogen-bond acceptors (Lipinski definition) is 8. The first-order chi connectivity index (χ1) is 29.8. The van der Waals surface area contributed by atoms with Gasteiger partial charge < -0.3 is 41.9 Å². The summed E-state index contributed by atoms with van der Waals surface area (Å²) in [6.07, 6.45) is 0. The molecular formula is C54H52N4O4. The van der Waals surface area contributed by atoms with Gasteiger partial charge in [-0.15, -0.1) is 0 Å². The van der Waals surface area contributed by atoms with Gasteiger partial charge in [-0.2, -0.15) is 0 Å². The maximum absolute atomic E-state index is 5.91. The number of ether oxygens (including phenoxy) is 4. The summed E-state index contributed by atoms with van der Waals surface area (Å²) in [4.78, 5) is 0. The van der Waals surface area contributed by atoms with E-state index in [1.165, 1.54) is 22.3 Å². The molecule has 8 rings (SSSR count). The molecule has 0 aliphatic rings. The van der Waals surface area contributed by atoms with E-state index >= 15 is 0 Å². The molecule has 0 fully saturated rings. The zero-order chi connectivity index (χ0) is 43.7. The second kappa shape index (κ2) is 18.6. The van der Waals surface area contributed by atoms with Crippen LogP contribution in [0.4, 0.5) is 22.7 Å². The normalized spacial score (nSPS) is 11.2. The number of benzene rings is 8. The van der Waals surface area contributed by atoms with Crippen LogP contribution >= 0.6 is 0 Å². The Hall–Kier alpha value is -7.84. The van der Waals surface area contributed by atoms with E-state index in [-0.39, 0.29) is 10.8 Å². The summed E-state index contributed by atoms with van der Waals surface area (Å²) in [5.74, 6) is 6.20. The van der Waals surface area contributed by atoms with Crippen molar-refractivity contribution in [2.75, 3.05) is 22.9 Å². The molecule has 0 unspecified atom stereocenters. The fraction of sp³-hybridized carbons (Fsp3) is 0.111. The van der Waals surface area contributed by atoms with Crippen molar-refractivity contribution in [1.82, 2.24) is 0 Å². The molecule has 8 N–H and O–H groups in total. The Morgan fingerprint density at radius 2 is 0.355 bits per heavy atom. The third kappa shape index (κ3) is 10.9. The minimum atomic E-state index is -0.167. The summed E-state index contributed by atoms with van der Waals surface area (Å²) in [6, 6.07) is 62.3. The predicted molar refractivity (Wildman–Crippen MR) is 254 cm³/mol. The summed E-state index contributed by atoms with van der Waals surface area (Å²) in [5, 5.41) is 0. The Morgan fingerprint density at radius 1 is 0.226 bits per heavy atom. The lowest BCUT2D eigenvalue weighted by molar-refractivity contribution is 0.480. The van der Waals surface area contributed by atoms with Crippen LogP contribution in [-0.4, -0.2) is 0 Å². The third-order valence-corrected chi connectivity index (χ3v) is 10.8. The smallest absolute Gasteiger partial charge is 0.127 e. The van der Waals surface area contributed by atoms with Gasteiger partial charge in [-0.25, -0.2) is 0 Å². The SMILES string of the molecule is CC(C)(c1ccc(Oc2ccc(N)cc2)cc1)c1ccc(Oc2ccc(N)cc2)cc1.CC(C)(c1ccc(Oc2ccc(N)cc2)cc1)c1ccc(Oc2ccc(N)cc2)cc1. The fourth-order valence-corrected chi connectivity index (χ4v) is 6.78. The number of nitrogen functional groups attached to an aromatic ring is 4. The van der Waals surface area contributed by atoms with Gasteiger partial charge in [0.05, 0.1) is 0 Å². The van der Waals surface area contributed by atoms with Gasteiger partial charge in [0.2, 0.25) is 0 Å². The zero-order valence-electron chi connectivity index (χ0n) is 35.4. The molecule has 0 spiro atoms. The molecule has 0 aliphatic carbocycles. The Bertz CT molecular complexity index is 2270. The molecular weight excluding hydrogens is 769 g/mol. The minimum absolute atomic E-state index is 0.167. The van der Waals surface area contributed by atoms with Gasteiger partial charge in [0.15, 0.2) is 0 Å². The number of anilines is 4. The molecule has 0 bridgehead atoms. The average Bonchev–Trinajstić information content (AvgIpc) is 3.28. The number of nitrogens with two attached hydrogens (primary N) is 4. The van der Waals surface area contributed by atoms with Crippen molar-refractivity contribution in [3.05, 3.63) is 216 Å². The van der Waals surface area contributed by atoms with Crippen LogP contribution in [0.1, 0.15) is 49.9 Å². The summed E-state index contributed by atoms with van der Waals surface area (Å²) < 4.78 is 23.6. The Kier molecular flexibility index (Phi) is 12.7. The van der Waals surface area contributed by atoms with Crippen LogP contribution in [0.2, 0.25) is 0 Å². The fourth-order valence-electron chi connectivity index (χ4n) is 6.78. The molecule has 0 radical (unpaired) electrons. The molecule has 0 aliphatic heterocycles. The van der Waals surface area contributed by atoms with Crippen molar-refractivity contribution in [2.45, 2.75) is 38.5 Å². The van der Waals surface area contributed by atoms with E-state index in [1.54, 1.807) is 0 Å². The summed E-state index contributed by atoms with van der Waals surface area (Å²) >= 11 is 0. The molecule has 62 heavy (non-hydrogen) atoms. The third-order valence-electron chi connectivity index (χ3n) is 10.8. The van der Waals surface area contributed by atoms with Gasteiger partial charge in [-0.1, -0.05) is 76.2 Å². The topological polar surface area (TPSA) is 141 Å². The van der Waals surface area contributed by atoms with Crippen LogP contribution < -0.4 is 41.9 Å². The lowest BCUT2D eigenvalue weighted by atomic mass is 9.78. The van der Waals surface area contributed by atoms with E-state index in [4.69, 9.17) is 41.9 Å². The quantitative estimate of drug-likeness (QED) is 0.0893. The van der Waals surface area contributed by atoms with Gasteiger partial charge in [-0.05, 0) is 168 Å². The molecule has 8 heteroatoms. The summed E-state index contributed by atoms with van der Waals surface area (Å²) in [7, 11) is 0. The van der Waals surface area contributed by atoms with Gasteiger partial charge in [0.25, 0.3) is 0 Å². The first-order valence-electron chi connectivity index (χ1n) is 20.4. The van der Waals surface area contributed by atoms with Gasteiger partial charge in [0, 0.05) is 33.6 Å². The second-order valence-electron chi connectivity index (χ2n) is 16.0. The molecule has 0 heterocycles. The zero-order valence-corrected chi connectivity index (χ0v) is 35.4. The van der Waals surface area contributed by atoms with Crippen molar-refractivity contribution in [2.24, 2.45) is 0 Å². The Morgan fingerprint density at radius 3 is 0.500 bits per heavy atom. The highest BCUT2D eigenvalue weighted by Gasteiger charge is 2.24. The summed E-state index contributed by atoms with van der Waals surface area (Å²) in [6.45, 7) is 8.83. The predicted octanol–water partition coefficient (Wildman–Crippen LogP) is 13.5. The van der Waals surface area contributed by atoms with Crippen molar-refractivity contribution < 1.29 is 18.9 Å². The van der Waals surface area contributed by atoms with Crippen LogP contribution in [0, 0.1) is 0 Å². The lowest BCUT2D eigenvalue weighted by Gasteiger charge is -2.26. The Labute approximate surface area is 364 Å². The van der Waals surface area contributed by atoms with E-state index in [1.807, 2.05) is 146 Å². The molecule has 0 atom stereocenters. The first-order valence-corrected chi connectivity index (χ1v) is 20.4. The first kappa shape index (κ1) is 42.3. The van der Waals surface area contributed by atoms with E-state index < -0.39 is 0 Å². The van der Waals surface area contributed by atoms with E-state index in [2.05, 4.69) is 76.2 Å². The van der Waals surface area contributed by atoms with Gasteiger partial charge >= 0.3 is 0 Å².